The molecule has 3 aromatic rings. The maximum absolute atomic E-state index is 6.20. The van der Waals surface area contributed by atoms with E-state index in [2.05, 4.69) is 48.8 Å². The van der Waals surface area contributed by atoms with Crippen LogP contribution in [0.25, 0.3) is 10.9 Å². The summed E-state index contributed by atoms with van der Waals surface area (Å²) in [6.07, 6.45) is 13.8. The molecule has 37 heavy (non-hydrogen) atoms. The molecule has 3 aliphatic rings. The molecule has 6 rings (SSSR count). The molecule has 8 nitrogen and oxygen atoms in total. The molecule has 0 bridgehead atoms. The van der Waals surface area contributed by atoms with Gasteiger partial charge in [-0.15, -0.1) is 0 Å². The molecule has 8 heteroatoms. The molecule has 0 radical (unpaired) electrons. The number of anilines is 3. The van der Waals surface area contributed by atoms with Gasteiger partial charge in [-0.3, -0.25) is 4.99 Å². The third kappa shape index (κ3) is 4.95. The maximum atomic E-state index is 6.20. The van der Waals surface area contributed by atoms with Gasteiger partial charge in [0.2, 0.25) is 0 Å². The fourth-order valence-corrected chi connectivity index (χ4v) is 4.48. The number of aryl methyl sites for hydroxylation is 1. The number of hydrogen-bond acceptors (Lipinski definition) is 8. The summed E-state index contributed by atoms with van der Waals surface area (Å²) < 4.78 is 11.9. The predicted octanol–water partition coefficient (Wildman–Crippen LogP) is 5.72. The Balaban J connectivity index is 1.20. The SMILES string of the molecule is Cc1cc(Nc2ncnc3ccc(NC4=NC(C)(C)CO4)cc23)ccc1OC1=CC2N=CC=CC2C=C1. The molecule has 2 aliphatic heterocycles. The Morgan fingerprint density at radius 2 is 1.89 bits per heavy atom. The largest absolute Gasteiger partial charge is 0.462 e. The number of benzene rings is 2. The minimum absolute atomic E-state index is 0.0930. The second kappa shape index (κ2) is 9.20. The molecular formula is C29H28N6O2. The van der Waals surface area contributed by atoms with Gasteiger partial charge in [-0.2, -0.15) is 0 Å². The lowest BCUT2D eigenvalue weighted by Gasteiger charge is -2.22. The molecule has 3 heterocycles. The first kappa shape index (κ1) is 23.0. The number of ether oxygens (including phenoxy) is 2. The first-order valence-electron chi connectivity index (χ1n) is 12.3. The van der Waals surface area contributed by atoms with Crippen LogP contribution in [-0.4, -0.2) is 40.4 Å². The van der Waals surface area contributed by atoms with Gasteiger partial charge >= 0.3 is 0 Å². The molecule has 2 unspecified atom stereocenters. The molecule has 2 N–H and O–H groups in total. The van der Waals surface area contributed by atoms with Crippen molar-refractivity contribution in [3.05, 3.63) is 84.4 Å². The summed E-state index contributed by atoms with van der Waals surface area (Å²) in [5.41, 5.74) is 3.38. The summed E-state index contributed by atoms with van der Waals surface area (Å²) in [6, 6.07) is 12.5. The van der Waals surface area contributed by atoms with Crippen LogP contribution < -0.4 is 15.4 Å². The minimum Gasteiger partial charge on any atom is -0.462 e. The van der Waals surface area contributed by atoms with E-state index >= 15 is 0 Å². The van der Waals surface area contributed by atoms with Crippen LogP contribution in [0.15, 0.2) is 88.8 Å². The van der Waals surface area contributed by atoms with Gasteiger partial charge in [-0.1, -0.05) is 12.2 Å². The van der Waals surface area contributed by atoms with Gasteiger partial charge < -0.3 is 20.1 Å². The molecule has 2 aromatic carbocycles. The van der Waals surface area contributed by atoms with E-state index in [1.54, 1.807) is 6.33 Å². The quantitative estimate of drug-likeness (QED) is 0.473. The zero-order valence-corrected chi connectivity index (χ0v) is 21.0. The third-order valence-corrected chi connectivity index (χ3v) is 6.41. The second-order valence-corrected chi connectivity index (χ2v) is 9.98. The zero-order valence-electron chi connectivity index (χ0n) is 21.0. The van der Waals surface area contributed by atoms with Crippen LogP contribution in [0.5, 0.6) is 5.75 Å². The summed E-state index contributed by atoms with van der Waals surface area (Å²) in [5, 5.41) is 7.58. The highest BCUT2D eigenvalue weighted by Crippen LogP contribution is 2.31. The Hall–Kier alpha value is -4.46. The highest BCUT2D eigenvalue weighted by Gasteiger charge is 2.26. The highest BCUT2D eigenvalue weighted by atomic mass is 16.5. The summed E-state index contributed by atoms with van der Waals surface area (Å²) in [7, 11) is 0. The number of fused-ring (bicyclic) bond motifs is 2. The van der Waals surface area contributed by atoms with Crippen LogP contribution in [0, 0.1) is 12.8 Å². The zero-order chi connectivity index (χ0) is 25.4. The smallest absolute Gasteiger partial charge is 0.289 e. The van der Waals surface area contributed by atoms with Gasteiger partial charge in [0.05, 0.1) is 17.1 Å². The number of aromatic nitrogens is 2. The molecule has 0 saturated heterocycles. The number of rotatable bonds is 5. The molecule has 0 saturated carbocycles. The fraction of sp³-hybridized carbons (Fsp3) is 0.241. The van der Waals surface area contributed by atoms with Gasteiger partial charge in [0, 0.05) is 28.9 Å². The van der Waals surface area contributed by atoms with E-state index in [9.17, 15) is 0 Å². The molecule has 186 valence electrons. The van der Waals surface area contributed by atoms with Crippen molar-refractivity contribution < 1.29 is 9.47 Å². The van der Waals surface area contributed by atoms with E-state index in [0.717, 1.165) is 39.3 Å². The Kier molecular flexibility index (Phi) is 5.71. The number of amidine groups is 1. The Morgan fingerprint density at radius 3 is 2.73 bits per heavy atom. The molecule has 2 atom stereocenters. The van der Waals surface area contributed by atoms with Crippen molar-refractivity contribution in [2.45, 2.75) is 32.4 Å². The number of allylic oxidation sites excluding steroid dienone is 2. The Morgan fingerprint density at radius 1 is 1.03 bits per heavy atom. The first-order chi connectivity index (χ1) is 17.9. The van der Waals surface area contributed by atoms with Gasteiger partial charge in [0.1, 0.15) is 30.3 Å². The third-order valence-electron chi connectivity index (χ3n) is 6.41. The monoisotopic (exact) mass is 492 g/mol. The van der Waals surface area contributed by atoms with Crippen LogP contribution in [0.4, 0.5) is 17.2 Å². The van der Waals surface area contributed by atoms with Gasteiger partial charge in [0.25, 0.3) is 6.02 Å². The van der Waals surface area contributed by atoms with Crippen LogP contribution in [0.1, 0.15) is 19.4 Å². The normalized spacial score (nSPS) is 21.2. The number of nitrogens with one attached hydrogen (secondary N) is 2. The predicted molar refractivity (Wildman–Crippen MR) is 148 cm³/mol. The van der Waals surface area contributed by atoms with Crippen LogP contribution >= 0.6 is 0 Å². The van der Waals surface area contributed by atoms with Crippen molar-refractivity contribution in [2.75, 3.05) is 17.2 Å². The number of hydrogen-bond donors (Lipinski definition) is 2. The van der Waals surface area contributed by atoms with Crippen molar-refractivity contribution >= 4 is 40.3 Å². The standard InChI is InChI=1S/C29H28N6O2/c1-18-13-20(8-11-26(18)37-22-9-6-19-5-4-12-30-25(19)15-22)33-27-23-14-21(7-10-24(23)31-17-32-27)34-28-35-29(2,3)16-36-28/h4-15,17,19,25H,16H2,1-3H3,(H,34,35)(H,31,32,33). The summed E-state index contributed by atoms with van der Waals surface area (Å²) in [5.74, 6) is 2.62. The lowest BCUT2D eigenvalue weighted by atomic mass is 9.93. The van der Waals surface area contributed by atoms with E-state index < -0.39 is 0 Å². The van der Waals surface area contributed by atoms with E-state index in [1.165, 1.54) is 0 Å². The topological polar surface area (TPSA) is 93.0 Å². The van der Waals surface area contributed by atoms with Gasteiger partial charge in [-0.05, 0) is 81.0 Å². The number of aliphatic imine (C=N–C) groups is 2. The van der Waals surface area contributed by atoms with Crippen molar-refractivity contribution in [1.29, 1.82) is 0 Å². The number of dihydropyridines is 1. The first-order valence-corrected chi connectivity index (χ1v) is 12.3. The Labute approximate surface area is 215 Å². The van der Waals surface area contributed by atoms with Crippen molar-refractivity contribution in [1.82, 2.24) is 9.97 Å². The lowest BCUT2D eigenvalue weighted by molar-refractivity contribution is 0.278. The van der Waals surface area contributed by atoms with Crippen molar-refractivity contribution in [3.63, 3.8) is 0 Å². The number of nitrogens with zero attached hydrogens (tertiary/aromatic N) is 4. The molecule has 0 amide bonds. The van der Waals surface area contributed by atoms with Crippen LogP contribution in [0.3, 0.4) is 0 Å². The van der Waals surface area contributed by atoms with E-state index in [4.69, 9.17) is 9.47 Å². The Bertz CT molecular complexity index is 1520. The minimum atomic E-state index is -0.226. The molecular weight excluding hydrogens is 464 g/mol. The maximum Gasteiger partial charge on any atom is 0.289 e. The van der Waals surface area contributed by atoms with Crippen molar-refractivity contribution in [3.8, 4) is 5.75 Å². The van der Waals surface area contributed by atoms with E-state index in [-0.39, 0.29) is 11.6 Å². The van der Waals surface area contributed by atoms with Crippen molar-refractivity contribution in [2.24, 2.45) is 15.9 Å². The lowest BCUT2D eigenvalue weighted by Crippen LogP contribution is -2.19. The van der Waals surface area contributed by atoms with E-state index in [0.29, 0.717) is 24.4 Å². The fourth-order valence-electron chi connectivity index (χ4n) is 4.48. The van der Waals surface area contributed by atoms with Crippen LogP contribution in [0.2, 0.25) is 0 Å². The average Bonchev–Trinajstić information content (AvgIpc) is 3.23. The highest BCUT2D eigenvalue weighted by molar-refractivity contribution is 5.97. The molecule has 1 aromatic heterocycles. The van der Waals surface area contributed by atoms with Gasteiger partial charge in [0.15, 0.2) is 0 Å². The molecule has 0 spiro atoms. The summed E-state index contributed by atoms with van der Waals surface area (Å²) in [4.78, 5) is 18.0. The second-order valence-electron chi connectivity index (χ2n) is 9.98. The molecule has 0 fully saturated rings. The summed E-state index contributed by atoms with van der Waals surface area (Å²) >= 11 is 0. The van der Waals surface area contributed by atoms with Gasteiger partial charge in [-0.25, -0.2) is 15.0 Å². The molecule has 1 aliphatic carbocycles. The van der Waals surface area contributed by atoms with Crippen LogP contribution in [-0.2, 0) is 4.74 Å². The summed E-state index contributed by atoms with van der Waals surface area (Å²) in [6.45, 7) is 6.66. The van der Waals surface area contributed by atoms with E-state index in [1.807, 2.05) is 75.5 Å². The average molecular weight is 493 g/mol.